The van der Waals surface area contributed by atoms with Crippen LogP contribution < -0.4 is 17.0 Å². The van der Waals surface area contributed by atoms with Crippen molar-refractivity contribution in [2.45, 2.75) is 37.0 Å². The van der Waals surface area contributed by atoms with Gasteiger partial charge in [-0.1, -0.05) is 30.3 Å². The molecule has 0 spiro atoms. The van der Waals surface area contributed by atoms with Crippen LogP contribution in [-0.2, 0) is 20.7 Å². The molecule has 1 aromatic heterocycles. The van der Waals surface area contributed by atoms with E-state index in [-0.39, 0.29) is 13.0 Å². The number of hydrogen-bond acceptors (Lipinski definition) is 9. The average Bonchev–Trinajstić information content (AvgIpc) is 2.95. The highest BCUT2D eigenvalue weighted by Crippen LogP contribution is 2.27. The van der Waals surface area contributed by atoms with E-state index in [4.69, 9.17) is 15.2 Å². The monoisotopic (exact) mass is 392 g/mol. The molecule has 1 fully saturated rings. The number of aliphatic hydroxyl groups excluding tert-OH is 2. The molecule has 1 unspecified atom stereocenters. The van der Waals surface area contributed by atoms with Crippen molar-refractivity contribution in [3.05, 3.63) is 62.9 Å². The van der Waals surface area contributed by atoms with E-state index in [1.54, 1.807) is 0 Å². The van der Waals surface area contributed by atoms with Crippen LogP contribution in [0, 0.1) is 0 Å². The molecule has 1 aromatic carbocycles. The highest BCUT2D eigenvalue weighted by Gasteiger charge is 2.45. The second-order valence-electron chi connectivity index (χ2n) is 6.36. The van der Waals surface area contributed by atoms with Crippen LogP contribution in [0.3, 0.4) is 0 Å². The van der Waals surface area contributed by atoms with E-state index in [0.717, 1.165) is 11.8 Å². The summed E-state index contributed by atoms with van der Waals surface area (Å²) in [7, 11) is 0. The Morgan fingerprint density at radius 3 is 2.68 bits per heavy atom. The fourth-order valence-electron chi connectivity index (χ4n) is 2.83. The SMILES string of the molecule is N[C@@H](Cc1ccccc1)C(=O)OC[C@H]1O[C@@H](n2ncc(=O)[nH]c2=O)[C@@H](O)C1O. The van der Waals surface area contributed by atoms with Crippen LogP contribution in [0.4, 0.5) is 0 Å². The van der Waals surface area contributed by atoms with Crippen molar-refractivity contribution in [3.63, 3.8) is 0 Å². The number of H-pyrrole nitrogens is 1. The molecule has 3 rings (SSSR count). The third-order valence-corrected chi connectivity index (χ3v) is 4.31. The van der Waals surface area contributed by atoms with Crippen molar-refractivity contribution < 1.29 is 24.5 Å². The Hall–Kier alpha value is -2.86. The summed E-state index contributed by atoms with van der Waals surface area (Å²) < 4.78 is 11.2. The molecule has 5 atom stereocenters. The first-order valence-electron chi connectivity index (χ1n) is 8.52. The Kier molecular flexibility index (Phi) is 5.99. The molecular weight excluding hydrogens is 372 g/mol. The van der Waals surface area contributed by atoms with Gasteiger partial charge in [-0.25, -0.2) is 4.79 Å². The minimum Gasteiger partial charge on any atom is -0.462 e. The number of carbonyl (C=O) groups excluding carboxylic acids is 1. The van der Waals surface area contributed by atoms with E-state index in [0.29, 0.717) is 4.68 Å². The average molecular weight is 392 g/mol. The lowest BCUT2D eigenvalue weighted by molar-refractivity contribution is -0.151. The quantitative estimate of drug-likeness (QED) is 0.394. The van der Waals surface area contributed by atoms with Crippen molar-refractivity contribution in [2.24, 2.45) is 5.73 Å². The Morgan fingerprint density at radius 2 is 2.00 bits per heavy atom. The van der Waals surface area contributed by atoms with Gasteiger partial charge in [0.05, 0.1) is 0 Å². The number of nitrogens with zero attached hydrogens (tertiary/aromatic N) is 2. The predicted octanol–water partition coefficient (Wildman–Crippen LogP) is -2.34. The minimum atomic E-state index is -1.52. The molecule has 0 saturated carbocycles. The number of nitrogens with two attached hydrogens (primary N) is 1. The molecule has 0 amide bonds. The number of aliphatic hydroxyl groups is 2. The summed E-state index contributed by atoms with van der Waals surface area (Å²) in [5.41, 5.74) is 5.07. The van der Waals surface area contributed by atoms with Gasteiger partial charge in [-0.15, -0.1) is 0 Å². The maximum atomic E-state index is 12.1. The van der Waals surface area contributed by atoms with Gasteiger partial charge in [0.2, 0.25) is 0 Å². The lowest BCUT2D eigenvalue weighted by Gasteiger charge is -2.17. The number of nitrogens with one attached hydrogen (secondary N) is 1. The fourth-order valence-corrected chi connectivity index (χ4v) is 2.83. The van der Waals surface area contributed by atoms with Crippen LogP contribution in [0.2, 0.25) is 0 Å². The summed E-state index contributed by atoms with van der Waals surface area (Å²) in [4.78, 5) is 36.9. The number of aromatic nitrogens is 3. The maximum Gasteiger partial charge on any atom is 0.347 e. The highest BCUT2D eigenvalue weighted by atomic mass is 16.6. The third-order valence-electron chi connectivity index (χ3n) is 4.31. The zero-order chi connectivity index (χ0) is 20.3. The number of rotatable bonds is 6. The lowest BCUT2D eigenvalue weighted by atomic mass is 10.1. The van der Waals surface area contributed by atoms with Gasteiger partial charge in [-0.2, -0.15) is 9.78 Å². The summed E-state index contributed by atoms with van der Waals surface area (Å²) in [5, 5.41) is 23.8. The van der Waals surface area contributed by atoms with Crippen molar-refractivity contribution in [1.29, 1.82) is 0 Å². The molecule has 1 saturated heterocycles. The first-order valence-corrected chi connectivity index (χ1v) is 8.52. The van der Waals surface area contributed by atoms with Crippen LogP contribution in [-0.4, -0.2) is 61.9 Å². The van der Waals surface area contributed by atoms with Crippen molar-refractivity contribution >= 4 is 5.97 Å². The smallest absolute Gasteiger partial charge is 0.347 e. The molecule has 1 aliphatic rings. The van der Waals surface area contributed by atoms with E-state index in [9.17, 15) is 24.6 Å². The van der Waals surface area contributed by atoms with Crippen LogP contribution >= 0.6 is 0 Å². The molecule has 11 nitrogen and oxygen atoms in total. The van der Waals surface area contributed by atoms with E-state index in [2.05, 4.69) is 5.10 Å². The van der Waals surface area contributed by atoms with Crippen LogP contribution in [0.15, 0.2) is 46.1 Å². The summed E-state index contributed by atoms with van der Waals surface area (Å²) in [6.07, 6.45) is -4.30. The number of esters is 1. The second kappa shape index (κ2) is 8.44. The summed E-state index contributed by atoms with van der Waals surface area (Å²) in [6.45, 7) is -0.381. The number of aromatic amines is 1. The number of ether oxygens (including phenoxy) is 2. The molecule has 0 radical (unpaired) electrons. The minimum absolute atomic E-state index is 0.274. The summed E-state index contributed by atoms with van der Waals surface area (Å²) in [5.74, 6) is -0.697. The Labute approximate surface area is 158 Å². The normalized spacial score (nSPS) is 25.4. The van der Waals surface area contributed by atoms with Gasteiger partial charge in [-0.05, 0) is 12.0 Å². The molecule has 2 aromatic rings. The number of carbonyl (C=O) groups is 1. The van der Waals surface area contributed by atoms with E-state index in [1.165, 1.54) is 0 Å². The van der Waals surface area contributed by atoms with Crippen LogP contribution in [0.5, 0.6) is 0 Å². The van der Waals surface area contributed by atoms with Gasteiger partial charge in [0.1, 0.15) is 37.2 Å². The van der Waals surface area contributed by atoms with E-state index < -0.39 is 47.8 Å². The van der Waals surface area contributed by atoms with Crippen molar-refractivity contribution in [2.75, 3.05) is 6.61 Å². The molecule has 11 heteroatoms. The van der Waals surface area contributed by atoms with Crippen LogP contribution in [0.1, 0.15) is 11.8 Å². The molecule has 1 aliphatic heterocycles. The molecule has 150 valence electrons. The van der Waals surface area contributed by atoms with E-state index >= 15 is 0 Å². The van der Waals surface area contributed by atoms with Gasteiger partial charge in [-0.3, -0.25) is 14.6 Å². The maximum absolute atomic E-state index is 12.1. The number of benzene rings is 1. The predicted molar refractivity (Wildman–Crippen MR) is 94.1 cm³/mol. The molecular formula is C17H20N4O7. The third kappa shape index (κ3) is 4.34. The van der Waals surface area contributed by atoms with Crippen molar-refractivity contribution in [3.8, 4) is 0 Å². The van der Waals surface area contributed by atoms with Crippen LogP contribution in [0.25, 0.3) is 0 Å². The zero-order valence-electron chi connectivity index (χ0n) is 14.7. The first kappa shape index (κ1) is 19.9. The lowest BCUT2D eigenvalue weighted by Crippen LogP contribution is -2.40. The Morgan fingerprint density at radius 1 is 1.29 bits per heavy atom. The fraction of sp³-hybridized carbons (Fsp3) is 0.412. The molecule has 0 bridgehead atoms. The molecule has 2 heterocycles. The van der Waals surface area contributed by atoms with E-state index in [1.807, 2.05) is 35.3 Å². The molecule has 0 aliphatic carbocycles. The number of hydrogen-bond donors (Lipinski definition) is 4. The molecule has 28 heavy (non-hydrogen) atoms. The molecule has 5 N–H and O–H groups in total. The second-order valence-corrected chi connectivity index (χ2v) is 6.36. The van der Waals surface area contributed by atoms with Crippen molar-refractivity contribution in [1.82, 2.24) is 14.8 Å². The zero-order valence-corrected chi connectivity index (χ0v) is 14.7. The summed E-state index contributed by atoms with van der Waals surface area (Å²) >= 11 is 0. The largest absolute Gasteiger partial charge is 0.462 e. The van der Waals surface area contributed by atoms with Gasteiger partial charge < -0.3 is 25.4 Å². The first-order chi connectivity index (χ1) is 13.4. The standard InChI is InChI=1S/C17H20N4O7/c18-10(6-9-4-2-1-3-5-9)16(25)27-8-11-13(23)14(24)15(28-11)21-17(26)20-12(22)7-19-21/h1-5,7,10-11,13-15,23-24H,6,8,18H2,(H,20,22,26)/t10-,11+,13?,14-,15+/m0/s1. The van der Waals surface area contributed by atoms with Gasteiger partial charge >= 0.3 is 11.7 Å². The Bertz CT molecular complexity index is 929. The Balaban J connectivity index is 1.59. The van der Waals surface area contributed by atoms with Gasteiger partial charge in [0.15, 0.2) is 6.23 Å². The highest BCUT2D eigenvalue weighted by molar-refractivity contribution is 5.75. The topological polar surface area (TPSA) is 170 Å². The van der Waals surface area contributed by atoms with Gasteiger partial charge in [0, 0.05) is 0 Å². The van der Waals surface area contributed by atoms with Gasteiger partial charge in [0.25, 0.3) is 5.56 Å². The summed E-state index contributed by atoms with van der Waals surface area (Å²) in [6, 6.07) is 8.23.